The molecule has 7 heteroatoms. The van der Waals surface area contributed by atoms with Crippen LogP contribution >= 0.6 is 0 Å². The van der Waals surface area contributed by atoms with Gasteiger partial charge in [0.2, 0.25) is 0 Å². The molecule has 25 heavy (non-hydrogen) atoms. The molecule has 1 fully saturated rings. The van der Waals surface area contributed by atoms with E-state index in [-0.39, 0.29) is 5.69 Å². The van der Waals surface area contributed by atoms with Crippen LogP contribution in [0.15, 0.2) is 30.3 Å². The number of alkyl halides is 3. The average Bonchev–Trinajstić information content (AvgIpc) is 2.83. The molecule has 0 bridgehead atoms. The number of nitrogens with zero attached hydrogens (tertiary/aromatic N) is 3. The number of anilines is 3. The van der Waals surface area contributed by atoms with Gasteiger partial charge in [0, 0.05) is 19.2 Å². The zero-order valence-corrected chi connectivity index (χ0v) is 14.1. The maximum Gasteiger partial charge on any atom is 0.418 e. The lowest BCUT2D eigenvalue weighted by molar-refractivity contribution is -0.136. The number of aromatic nitrogens is 2. The Morgan fingerprint density at radius 2 is 1.68 bits per heavy atom. The zero-order chi connectivity index (χ0) is 17.9. The molecule has 1 aromatic heterocycles. The number of benzene rings is 1. The third kappa shape index (κ3) is 4.41. The summed E-state index contributed by atoms with van der Waals surface area (Å²) in [4.78, 5) is 10.9. The highest BCUT2D eigenvalue weighted by Crippen LogP contribution is 2.35. The molecule has 0 atom stereocenters. The molecular formula is C18H21F3N4. The Hall–Kier alpha value is -2.31. The standard InChI is InChI=1S/C18H21F3N4/c1-13-22-16(12-17(23-13)25-10-6-2-3-7-11-25)24-15-9-5-4-8-14(15)18(19,20)21/h4-5,8-9,12H,2-3,6-7,10-11H2,1H3,(H,22,23,24). The summed E-state index contributed by atoms with van der Waals surface area (Å²) >= 11 is 0. The number of rotatable bonds is 3. The Balaban J connectivity index is 1.89. The van der Waals surface area contributed by atoms with Crippen molar-refractivity contribution in [2.45, 2.75) is 38.8 Å². The number of aryl methyl sites for hydroxylation is 1. The Labute approximate surface area is 145 Å². The quantitative estimate of drug-likeness (QED) is 0.852. The monoisotopic (exact) mass is 350 g/mol. The van der Waals surface area contributed by atoms with E-state index >= 15 is 0 Å². The van der Waals surface area contributed by atoms with Crippen LogP contribution in [0.2, 0.25) is 0 Å². The summed E-state index contributed by atoms with van der Waals surface area (Å²) < 4.78 is 39.5. The van der Waals surface area contributed by atoms with Crippen LogP contribution < -0.4 is 10.2 Å². The van der Waals surface area contributed by atoms with E-state index in [4.69, 9.17) is 0 Å². The number of halogens is 3. The fraction of sp³-hybridized carbons (Fsp3) is 0.444. The first kappa shape index (κ1) is 17.5. The minimum atomic E-state index is -4.42. The molecular weight excluding hydrogens is 329 g/mol. The van der Waals surface area contributed by atoms with Crippen LogP contribution in [-0.4, -0.2) is 23.1 Å². The molecule has 3 rings (SSSR count). The van der Waals surface area contributed by atoms with Crippen molar-refractivity contribution in [2.24, 2.45) is 0 Å². The molecule has 4 nitrogen and oxygen atoms in total. The molecule has 0 unspecified atom stereocenters. The Bertz CT molecular complexity index is 723. The summed E-state index contributed by atoms with van der Waals surface area (Å²) in [6.07, 6.45) is 0.181. The van der Waals surface area contributed by atoms with Crippen LogP contribution in [0.5, 0.6) is 0 Å². The molecule has 1 aliphatic heterocycles. The number of para-hydroxylation sites is 1. The third-order valence-corrected chi connectivity index (χ3v) is 4.25. The van der Waals surface area contributed by atoms with Gasteiger partial charge in [-0.2, -0.15) is 13.2 Å². The van der Waals surface area contributed by atoms with E-state index in [1.54, 1.807) is 19.1 Å². The van der Waals surface area contributed by atoms with Crippen molar-refractivity contribution in [3.05, 3.63) is 41.7 Å². The highest BCUT2D eigenvalue weighted by atomic mass is 19.4. The van der Waals surface area contributed by atoms with E-state index in [1.165, 1.54) is 25.0 Å². The van der Waals surface area contributed by atoms with Crippen molar-refractivity contribution in [1.29, 1.82) is 0 Å². The van der Waals surface area contributed by atoms with E-state index in [2.05, 4.69) is 20.2 Å². The van der Waals surface area contributed by atoms with Gasteiger partial charge in [0.05, 0.1) is 11.3 Å². The van der Waals surface area contributed by atoms with Gasteiger partial charge in [-0.1, -0.05) is 25.0 Å². The largest absolute Gasteiger partial charge is 0.418 e. The van der Waals surface area contributed by atoms with Gasteiger partial charge in [-0.15, -0.1) is 0 Å². The Morgan fingerprint density at radius 1 is 1.00 bits per heavy atom. The zero-order valence-electron chi connectivity index (χ0n) is 14.1. The van der Waals surface area contributed by atoms with Crippen molar-refractivity contribution in [2.75, 3.05) is 23.3 Å². The first-order chi connectivity index (χ1) is 11.9. The predicted molar refractivity (Wildman–Crippen MR) is 92.2 cm³/mol. The molecule has 0 spiro atoms. The predicted octanol–water partition coefficient (Wildman–Crippen LogP) is 4.93. The van der Waals surface area contributed by atoms with Gasteiger partial charge in [0.1, 0.15) is 17.5 Å². The lowest BCUT2D eigenvalue weighted by Gasteiger charge is -2.22. The Kier molecular flexibility index (Phi) is 5.11. The Morgan fingerprint density at radius 3 is 2.36 bits per heavy atom. The lowest BCUT2D eigenvalue weighted by Crippen LogP contribution is -2.25. The summed E-state index contributed by atoms with van der Waals surface area (Å²) in [5.41, 5.74) is -0.711. The lowest BCUT2D eigenvalue weighted by atomic mass is 10.1. The molecule has 1 aliphatic rings. The van der Waals surface area contributed by atoms with E-state index in [0.717, 1.165) is 37.8 Å². The summed E-state index contributed by atoms with van der Waals surface area (Å²) in [6.45, 7) is 3.58. The molecule has 1 saturated heterocycles. The van der Waals surface area contributed by atoms with Crippen molar-refractivity contribution < 1.29 is 13.2 Å². The molecule has 0 aliphatic carbocycles. The van der Waals surface area contributed by atoms with Gasteiger partial charge in [0.25, 0.3) is 0 Å². The van der Waals surface area contributed by atoms with Gasteiger partial charge in [-0.05, 0) is 31.9 Å². The van der Waals surface area contributed by atoms with Crippen molar-refractivity contribution in [3.8, 4) is 0 Å². The van der Waals surface area contributed by atoms with Gasteiger partial charge >= 0.3 is 6.18 Å². The number of hydrogen-bond donors (Lipinski definition) is 1. The van der Waals surface area contributed by atoms with Gasteiger partial charge in [-0.3, -0.25) is 0 Å². The number of hydrogen-bond acceptors (Lipinski definition) is 4. The SMILES string of the molecule is Cc1nc(Nc2ccccc2C(F)(F)F)cc(N2CCCCCC2)n1. The molecule has 1 N–H and O–H groups in total. The molecule has 1 aromatic carbocycles. The number of nitrogens with one attached hydrogen (secondary N) is 1. The van der Waals surface area contributed by atoms with Crippen LogP contribution in [-0.2, 0) is 6.18 Å². The van der Waals surface area contributed by atoms with Crippen LogP contribution in [0.3, 0.4) is 0 Å². The normalized spacial score (nSPS) is 15.8. The van der Waals surface area contributed by atoms with E-state index in [9.17, 15) is 13.2 Å². The van der Waals surface area contributed by atoms with E-state index < -0.39 is 11.7 Å². The second kappa shape index (κ2) is 7.29. The minimum Gasteiger partial charge on any atom is -0.356 e. The van der Waals surface area contributed by atoms with Crippen molar-refractivity contribution in [1.82, 2.24) is 9.97 Å². The fourth-order valence-electron chi connectivity index (χ4n) is 3.06. The highest BCUT2D eigenvalue weighted by Gasteiger charge is 2.33. The van der Waals surface area contributed by atoms with Crippen LogP contribution in [0.25, 0.3) is 0 Å². The summed E-state index contributed by atoms with van der Waals surface area (Å²) in [5, 5.41) is 2.82. The van der Waals surface area contributed by atoms with E-state index in [0.29, 0.717) is 11.6 Å². The average molecular weight is 350 g/mol. The minimum absolute atomic E-state index is 0.00471. The molecule has 0 radical (unpaired) electrons. The maximum absolute atomic E-state index is 13.2. The topological polar surface area (TPSA) is 41.1 Å². The second-order valence-electron chi connectivity index (χ2n) is 6.23. The highest BCUT2D eigenvalue weighted by molar-refractivity contribution is 5.63. The van der Waals surface area contributed by atoms with Crippen LogP contribution in [0.1, 0.15) is 37.1 Å². The summed E-state index contributed by atoms with van der Waals surface area (Å²) in [5.74, 6) is 1.68. The first-order valence-electron chi connectivity index (χ1n) is 8.47. The van der Waals surface area contributed by atoms with Gasteiger partial charge < -0.3 is 10.2 Å². The van der Waals surface area contributed by atoms with Gasteiger partial charge in [0.15, 0.2) is 0 Å². The fourth-order valence-corrected chi connectivity index (χ4v) is 3.06. The van der Waals surface area contributed by atoms with E-state index in [1.807, 2.05) is 0 Å². The molecule has 2 aromatic rings. The smallest absolute Gasteiger partial charge is 0.356 e. The second-order valence-corrected chi connectivity index (χ2v) is 6.23. The van der Waals surface area contributed by atoms with Crippen LogP contribution in [0.4, 0.5) is 30.5 Å². The van der Waals surface area contributed by atoms with Crippen molar-refractivity contribution >= 4 is 17.3 Å². The third-order valence-electron chi connectivity index (χ3n) is 4.25. The van der Waals surface area contributed by atoms with Crippen molar-refractivity contribution in [3.63, 3.8) is 0 Å². The molecule has 0 saturated carbocycles. The molecule has 2 heterocycles. The molecule has 0 amide bonds. The maximum atomic E-state index is 13.2. The summed E-state index contributed by atoms with van der Waals surface area (Å²) in [6, 6.07) is 7.15. The summed E-state index contributed by atoms with van der Waals surface area (Å²) in [7, 11) is 0. The van der Waals surface area contributed by atoms with Crippen LogP contribution in [0, 0.1) is 6.92 Å². The van der Waals surface area contributed by atoms with Gasteiger partial charge in [-0.25, -0.2) is 9.97 Å². The first-order valence-corrected chi connectivity index (χ1v) is 8.47. The molecule has 134 valence electrons.